The molecule has 1 saturated carbocycles. The van der Waals surface area contributed by atoms with Gasteiger partial charge >= 0.3 is 5.97 Å². The molecule has 1 aliphatic carbocycles. The number of carboxylic acid groups (broad SMARTS) is 1. The lowest BCUT2D eigenvalue weighted by atomic mass is 9.87. The summed E-state index contributed by atoms with van der Waals surface area (Å²) >= 11 is 0. The number of rotatable bonds is 8. The Bertz CT molecular complexity index is 429. The Hall–Kier alpha value is -1.35. The van der Waals surface area contributed by atoms with Gasteiger partial charge in [0.05, 0.1) is 6.10 Å². The second kappa shape index (κ2) is 8.18. The SMILES string of the molecule is O=C(O)C[C@H]1CCCC1CCC(O)CCc1ccccc1. The number of hydrogen-bond acceptors (Lipinski definition) is 2. The van der Waals surface area contributed by atoms with E-state index >= 15 is 0 Å². The number of carboxylic acids is 1. The highest BCUT2D eigenvalue weighted by atomic mass is 16.4. The maximum Gasteiger partial charge on any atom is 0.303 e. The van der Waals surface area contributed by atoms with Crippen LogP contribution in [-0.2, 0) is 11.2 Å². The van der Waals surface area contributed by atoms with Crippen LogP contribution in [0, 0.1) is 11.8 Å². The van der Waals surface area contributed by atoms with Crippen molar-refractivity contribution in [2.75, 3.05) is 0 Å². The van der Waals surface area contributed by atoms with Crippen LogP contribution in [0.3, 0.4) is 0 Å². The monoisotopic (exact) mass is 290 g/mol. The molecule has 116 valence electrons. The summed E-state index contributed by atoms with van der Waals surface area (Å²) in [6.45, 7) is 0. The molecule has 0 aliphatic heterocycles. The number of aliphatic carboxylic acids is 1. The summed E-state index contributed by atoms with van der Waals surface area (Å²) in [6.07, 6.45) is 6.80. The fourth-order valence-corrected chi connectivity index (χ4v) is 3.52. The molecule has 1 aromatic carbocycles. The van der Waals surface area contributed by atoms with Crippen LogP contribution in [0.25, 0.3) is 0 Å². The summed E-state index contributed by atoms with van der Waals surface area (Å²) in [5.41, 5.74) is 1.26. The van der Waals surface area contributed by atoms with E-state index in [4.69, 9.17) is 5.11 Å². The molecule has 0 saturated heterocycles. The van der Waals surface area contributed by atoms with Crippen LogP contribution >= 0.6 is 0 Å². The molecule has 2 unspecified atom stereocenters. The molecule has 2 N–H and O–H groups in total. The lowest BCUT2D eigenvalue weighted by Crippen LogP contribution is -2.16. The van der Waals surface area contributed by atoms with Crippen LogP contribution in [0.5, 0.6) is 0 Å². The van der Waals surface area contributed by atoms with Gasteiger partial charge in [0.2, 0.25) is 0 Å². The van der Waals surface area contributed by atoms with Gasteiger partial charge in [-0.1, -0.05) is 43.2 Å². The van der Waals surface area contributed by atoms with Gasteiger partial charge in [0, 0.05) is 6.42 Å². The molecule has 0 radical (unpaired) electrons. The average molecular weight is 290 g/mol. The summed E-state index contributed by atoms with van der Waals surface area (Å²) in [5, 5.41) is 19.1. The lowest BCUT2D eigenvalue weighted by molar-refractivity contribution is -0.138. The number of hydrogen-bond donors (Lipinski definition) is 2. The van der Waals surface area contributed by atoms with E-state index in [-0.39, 0.29) is 6.10 Å². The highest BCUT2D eigenvalue weighted by molar-refractivity contribution is 5.67. The van der Waals surface area contributed by atoms with Crippen LogP contribution in [0.4, 0.5) is 0 Å². The van der Waals surface area contributed by atoms with Crippen LogP contribution in [0.1, 0.15) is 50.5 Å². The molecule has 1 aromatic rings. The maximum atomic E-state index is 10.8. The van der Waals surface area contributed by atoms with E-state index in [1.807, 2.05) is 18.2 Å². The van der Waals surface area contributed by atoms with E-state index in [0.717, 1.165) is 44.9 Å². The molecular weight excluding hydrogens is 264 g/mol. The summed E-state index contributed by atoms with van der Waals surface area (Å²) in [6, 6.07) is 10.2. The predicted octanol–water partition coefficient (Wildman–Crippen LogP) is 3.65. The minimum absolute atomic E-state index is 0.267. The quantitative estimate of drug-likeness (QED) is 0.768. The van der Waals surface area contributed by atoms with Crippen molar-refractivity contribution < 1.29 is 15.0 Å². The first-order valence-electron chi connectivity index (χ1n) is 8.09. The van der Waals surface area contributed by atoms with Gasteiger partial charge < -0.3 is 10.2 Å². The van der Waals surface area contributed by atoms with E-state index in [0.29, 0.717) is 18.3 Å². The van der Waals surface area contributed by atoms with Crippen LogP contribution < -0.4 is 0 Å². The fraction of sp³-hybridized carbons (Fsp3) is 0.611. The van der Waals surface area contributed by atoms with Gasteiger partial charge in [-0.15, -0.1) is 0 Å². The zero-order valence-electron chi connectivity index (χ0n) is 12.6. The minimum atomic E-state index is -0.684. The Morgan fingerprint density at radius 2 is 1.86 bits per heavy atom. The molecular formula is C18H26O3. The van der Waals surface area contributed by atoms with Gasteiger partial charge in [0.1, 0.15) is 0 Å². The molecule has 0 amide bonds. The van der Waals surface area contributed by atoms with Gasteiger partial charge in [-0.2, -0.15) is 0 Å². The molecule has 1 aliphatic rings. The van der Waals surface area contributed by atoms with E-state index in [2.05, 4.69) is 12.1 Å². The van der Waals surface area contributed by atoms with Crippen molar-refractivity contribution >= 4 is 5.97 Å². The Morgan fingerprint density at radius 1 is 1.14 bits per heavy atom. The lowest BCUT2D eigenvalue weighted by Gasteiger charge is -2.19. The Balaban J connectivity index is 1.68. The third-order valence-electron chi connectivity index (χ3n) is 4.73. The molecule has 2 rings (SSSR count). The first-order chi connectivity index (χ1) is 10.1. The number of aryl methyl sites for hydroxylation is 1. The highest BCUT2D eigenvalue weighted by Gasteiger charge is 2.29. The molecule has 3 nitrogen and oxygen atoms in total. The Labute approximate surface area is 127 Å². The van der Waals surface area contributed by atoms with Crippen molar-refractivity contribution in [2.24, 2.45) is 11.8 Å². The van der Waals surface area contributed by atoms with E-state index < -0.39 is 5.97 Å². The third kappa shape index (κ3) is 5.50. The average Bonchev–Trinajstić information content (AvgIpc) is 2.90. The van der Waals surface area contributed by atoms with Gasteiger partial charge in [0.15, 0.2) is 0 Å². The van der Waals surface area contributed by atoms with E-state index in [1.54, 1.807) is 0 Å². The topological polar surface area (TPSA) is 57.5 Å². The van der Waals surface area contributed by atoms with Crippen molar-refractivity contribution in [1.29, 1.82) is 0 Å². The number of benzene rings is 1. The third-order valence-corrected chi connectivity index (χ3v) is 4.73. The Kier molecular flexibility index (Phi) is 6.24. The van der Waals surface area contributed by atoms with E-state index in [1.165, 1.54) is 5.56 Å². The van der Waals surface area contributed by atoms with Crippen molar-refractivity contribution in [3.05, 3.63) is 35.9 Å². The first-order valence-corrected chi connectivity index (χ1v) is 8.09. The molecule has 0 heterocycles. The highest BCUT2D eigenvalue weighted by Crippen LogP contribution is 2.37. The zero-order valence-corrected chi connectivity index (χ0v) is 12.6. The summed E-state index contributed by atoms with van der Waals surface area (Å²) in [7, 11) is 0. The minimum Gasteiger partial charge on any atom is -0.481 e. The van der Waals surface area contributed by atoms with E-state index in [9.17, 15) is 9.90 Å². The van der Waals surface area contributed by atoms with Crippen LogP contribution in [0.2, 0.25) is 0 Å². The fourth-order valence-electron chi connectivity index (χ4n) is 3.52. The molecule has 0 spiro atoms. The second-order valence-electron chi connectivity index (χ2n) is 6.30. The molecule has 3 heteroatoms. The van der Waals surface area contributed by atoms with Crippen molar-refractivity contribution in [3.8, 4) is 0 Å². The predicted molar refractivity (Wildman–Crippen MR) is 83.1 cm³/mol. The van der Waals surface area contributed by atoms with Crippen molar-refractivity contribution in [1.82, 2.24) is 0 Å². The normalized spacial score (nSPS) is 23.1. The molecule has 3 atom stereocenters. The van der Waals surface area contributed by atoms with Crippen molar-refractivity contribution in [3.63, 3.8) is 0 Å². The maximum absolute atomic E-state index is 10.8. The largest absolute Gasteiger partial charge is 0.481 e. The number of aliphatic hydroxyl groups is 1. The zero-order chi connectivity index (χ0) is 15.1. The standard InChI is InChI=1S/C18H26O3/c19-17(11-9-14-5-2-1-3-6-14)12-10-15-7-4-8-16(15)13-18(20)21/h1-3,5-6,15-17,19H,4,7-13H2,(H,20,21)/t15?,16-,17?/m1/s1. The number of aliphatic hydroxyl groups excluding tert-OH is 1. The van der Waals surface area contributed by atoms with Gasteiger partial charge in [0.25, 0.3) is 0 Å². The molecule has 0 bridgehead atoms. The molecule has 1 fully saturated rings. The van der Waals surface area contributed by atoms with Gasteiger partial charge in [-0.05, 0) is 49.5 Å². The Morgan fingerprint density at radius 3 is 2.57 bits per heavy atom. The molecule has 0 aromatic heterocycles. The van der Waals surface area contributed by atoms with Crippen LogP contribution in [-0.4, -0.2) is 22.3 Å². The molecule has 21 heavy (non-hydrogen) atoms. The summed E-state index contributed by atoms with van der Waals surface area (Å²) < 4.78 is 0. The number of carbonyl (C=O) groups is 1. The summed E-state index contributed by atoms with van der Waals surface area (Å²) in [4.78, 5) is 10.8. The second-order valence-corrected chi connectivity index (χ2v) is 6.30. The van der Waals surface area contributed by atoms with Gasteiger partial charge in [-0.3, -0.25) is 4.79 Å². The summed E-state index contributed by atoms with van der Waals surface area (Å²) in [5.74, 6) is 0.132. The van der Waals surface area contributed by atoms with Crippen LogP contribution in [0.15, 0.2) is 30.3 Å². The van der Waals surface area contributed by atoms with Crippen molar-refractivity contribution in [2.45, 2.75) is 57.5 Å². The first kappa shape index (κ1) is 16.0. The smallest absolute Gasteiger partial charge is 0.303 e. The van der Waals surface area contributed by atoms with Gasteiger partial charge in [-0.25, -0.2) is 0 Å².